The summed E-state index contributed by atoms with van der Waals surface area (Å²) in [5, 5.41) is 10.2. The van der Waals surface area contributed by atoms with Crippen LogP contribution in [0.3, 0.4) is 0 Å². The molecule has 0 saturated carbocycles. The van der Waals surface area contributed by atoms with Gasteiger partial charge in [0, 0.05) is 11.8 Å². The molecular formula is C14H15NO2. The van der Waals surface area contributed by atoms with E-state index in [2.05, 4.69) is 4.98 Å². The van der Waals surface area contributed by atoms with Gasteiger partial charge in [0.25, 0.3) is 0 Å². The van der Waals surface area contributed by atoms with E-state index in [4.69, 9.17) is 4.74 Å². The second-order valence-corrected chi connectivity index (χ2v) is 3.97. The van der Waals surface area contributed by atoms with Gasteiger partial charge >= 0.3 is 0 Å². The molecule has 1 N–H and O–H groups in total. The van der Waals surface area contributed by atoms with Gasteiger partial charge < -0.3 is 9.84 Å². The van der Waals surface area contributed by atoms with Crippen LogP contribution in [0.25, 0.3) is 0 Å². The largest absolute Gasteiger partial charge is 0.495 e. The average Bonchev–Trinajstić information content (AvgIpc) is 2.39. The number of hydrogen-bond acceptors (Lipinski definition) is 3. The van der Waals surface area contributed by atoms with Crippen LogP contribution in [0.4, 0.5) is 0 Å². The van der Waals surface area contributed by atoms with Gasteiger partial charge in [-0.2, -0.15) is 0 Å². The Labute approximate surface area is 101 Å². The summed E-state index contributed by atoms with van der Waals surface area (Å²) in [5.74, 6) is 0.647. The first kappa shape index (κ1) is 11.6. The number of hydrogen-bond donors (Lipinski definition) is 1. The summed E-state index contributed by atoms with van der Waals surface area (Å²) in [4.78, 5) is 4.03. The number of pyridine rings is 1. The Hall–Kier alpha value is -1.87. The molecule has 0 amide bonds. The fraction of sp³-hybridized carbons (Fsp3) is 0.214. The summed E-state index contributed by atoms with van der Waals surface area (Å²) in [6.45, 7) is 2.02. The minimum absolute atomic E-state index is 0.647. The van der Waals surface area contributed by atoms with E-state index in [1.807, 2.05) is 31.2 Å². The van der Waals surface area contributed by atoms with Gasteiger partial charge in [0.05, 0.1) is 13.3 Å². The molecule has 1 aromatic heterocycles. The summed E-state index contributed by atoms with van der Waals surface area (Å²) in [6, 6.07) is 9.58. The van der Waals surface area contributed by atoms with Crippen LogP contribution in [-0.2, 0) is 0 Å². The van der Waals surface area contributed by atoms with E-state index in [9.17, 15) is 5.11 Å². The van der Waals surface area contributed by atoms with Crippen LogP contribution < -0.4 is 4.74 Å². The third-order valence-electron chi connectivity index (χ3n) is 2.68. The number of aliphatic hydroxyl groups is 1. The quantitative estimate of drug-likeness (QED) is 0.879. The van der Waals surface area contributed by atoms with Crippen LogP contribution in [0.15, 0.2) is 42.7 Å². The summed E-state index contributed by atoms with van der Waals surface area (Å²) in [7, 11) is 1.58. The van der Waals surface area contributed by atoms with Crippen LogP contribution >= 0.6 is 0 Å². The molecular weight excluding hydrogens is 214 g/mol. The number of methoxy groups -OCH3 is 1. The molecule has 0 radical (unpaired) electrons. The molecule has 0 spiro atoms. The number of benzene rings is 1. The first-order valence-electron chi connectivity index (χ1n) is 5.44. The monoisotopic (exact) mass is 229 g/mol. The van der Waals surface area contributed by atoms with Crippen molar-refractivity contribution in [3.63, 3.8) is 0 Å². The number of aryl methyl sites for hydroxylation is 1. The Morgan fingerprint density at radius 1 is 1.12 bits per heavy atom. The van der Waals surface area contributed by atoms with Crippen LogP contribution in [0, 0.1) is 6.92 Å². The van der Waals surface area contributed by atoms with Crippen molar-refractivity contribution in [2.75, 3.05) is 7.11 Å². The smallest absolute Gasteiger partial charge is 0.137 e. The van der Waals surface area contributed by atoms with Gasteiger partial charge in [0.2, 0.25) is 0 Å². The molecule has 0 aliphatic carbocycles. The molecule has 1 aromatic carbocycles. The average molecular weight is 229 g/mol. The van der Waals surface area contributed by atoms with E-state index in [1.54, 1.807) is 25.6 Å². The van der Waals surface area contributed by atoms with E-state index in [-0.39, 0.29) is 0 Å². The van der Waals surface area contributed by atoms with Gasteiger partial charge in [-0.25, -0.2) is 0 Å². The van der Waals surface area contributed by atoms with Crippen molar-refractivity contribution in [3.05, 3.63) is 59.4 Å². The van der Waals surface area contributed by atoms with E-state index >= 15 is 0 Å². The molecule has 0 aliphatic rings. The number of aromatic nitrogens is 1. The highest BCUT2D eigenvalue weighted by atomic mass is 16.5. The van der Waals surface area contributed by atoms with E-state index in [1.165, 1.54) is 5.56 Å². The van der Waals surface area contributed by atoms with Gasteiger partial charge in [-0.15, -0.1) is 0 Å². The molecule has 88 valence electrons. The summed E-state index contributed by atoms with van der Waals surface area (Å²) >= 11 is 0. The lowest BCUT2D eigenvalue weighted by molar-refractivity contribution is 0.219. The predicted molar refractivity (Wildman–Crippen MR) is 66.0 cm³/mol. The minimum atomic E-state index is -0.668. The maximum absolute atomic E-state index is 10.2. The first-order chi connectivity index (χ1) is 8.20. The van der Waals surface area contributed by atoms with Gasteiger partial charge in [0.15, 0.2) is 0 Å². The van der Waals surface area contributed by atoms with Crippen molar-refractivity contribution in [3.8, 4) is 5.75 Å². The number of nitrogens with zero attached hydrogens (tertiary/aromatic N) is 1. The van der Waals surface area contributed by atoms with Gasteiger partial charge in [-0.3, -0.25) is 4.98 Å². The normalized spacial score (nSPS) is 12.2. The molecule has 0 aliphatic heterocycles. The minimum Gasteiger partial charge on any atom is -0.495 e. The predicted octanol–water partition coefficient (Wildman–Crippen LogP) is 2.48. The highest BCUT2D eigenvalue weighted by Crippen LogP contribution is 2.24. The molecule has 1 unspecified atom stereocenters. The zero-order chi connectivity index (χ0) is 12.3. The third-order valence-corrected chi connectivity index (χ3v) is 2.68. The molecule has 2 aromatic rings. The van der Waals surface area contributed by atoms with Gasteiger partial charge in [0.1, 0.15) is 11.9 Å². The van der Waals surface area contributed by atoms with Gasteiger partial charge in [-0.1, -0.05) is 29.8 Å². The summed E-state index contributed by atoms with van der Waals surface area (Å²) in [5.41, 5.74) is 2.75. The lowest BCUT2D eigenvalue weighted by Crippen LogP contribution is -2.00. The number of aliphatic hydroxyl groups excluding tert-OH is 1. The molecule has 0 saturated heterocycles. The van der Waals surface area contributed by atoms with E-state index < -0.39 is 6.10 Å². The molecule has 1 atom stereocenters. The second-order valence-electron chi connectivity index (χ2n) is 3.97. The Morgan fingerprint density at radius 3 is 2.47 bits per heavy atom. The van der Waals surface area contributed by atoms with Crippen molar-refractivity contribution < 1.29 is 9.84 Å². The molecule has 3 nitrogen and oxygen atoms in total. The zero-order valence-corrected chi connectivity index (χ0v) is 9.92. The summed E-state index contributed by atoms with van der Waals surface area (Å²) in [6.07, 6.45) is 2.59. The SMILES string of the molecule is COc1cncc(C(O)c2ccc(C)cc2)c1. The molecule has 1 heterocycles. The zero-order valence-electron chi connectivity index (χ0n) is 9.92. The Bertz CT molecular complexity index is 494. The number of ether oxygens (including phenoxy) is 1. The van der Waals surface area contributed by atoms with Crippen LogP contribution in [0.5, 0.6) is 5.75 Å². The lowest BCUT2D eigenvalue weighted by atomic mass is 10.0. The molecule has 3 heteroatoms. The van der Waals surface area contributed by atoms with Crippen LogP contribution in [0.2, 0.25) is 0 Å². The molecule has 2 rings (SSSR count). The Kier molecular flexibility index (Phi) is 3.40. The second kappa shape index (κ2) is 4.97. The van der Waals surface area contributed by atoms with E-state index in [0.29, 0.717) is 5.75 Å². The van der Waals surface area contributed by atoms with Crippen molar-refractivity contribution >= 4 is 0 Å². The van der Waals surface area contributed by atoms with Crippen LogP contribution in [0.1, 0.15) is 22.8 Å². The highest BCUT2D eigenvalue weighted by Gasteiger charge is 2.11. The maximum Gasteiger partial charge on any atom is 0.137 e. The fourth-order valence-corrected chi connectivity index (χ4v) is 1.64. The van der Waals surface area contributed by atoms with Crippen molar-refractivity contribution in [2.24, 2.45) is 0 Å². The standard InChI is InChI=1S/C14H15NO2/c1-10-3-5-11(6-4-10)14(16)12-7-13(17-2)9-15-8-12/h3-9,14,16H,1-2H3. The molecule has 17 heavy (non-hydrogen) atoms. The van der Waals surface area contributed by atoms with Crippen molar-refractivity contribution in [2.45, 2.75) is 13.0 Å². The van der Waals surface area contributed by atoms with Crippen LogP contribution in [-0.4, -0.2) is 17.2 Å². The molecule has 0 bridgehead atoms. The topological polar surface area (TPSA) is 42.4 Å². The number of rotatable bonds is 3. The third kappa shape index (κ3) is 2.63. The van der Waals surface area contributed by atoms with Crippen molar-refractivity contribution in [1.29, 1.82) is 0 Å². The lowest BCUT2D eigenvalue weighted by Gasteiger charge is -2.12. The maximum atomic E-state index is 10.2. The fourth-order valence-electron chi connectivity index (χ4n) is 1.64. The Balaban J connectivity index is 2.29. The highest BCUT2D eigenvalue weighted by molar-refractivity contribution is 5.33. The first-order valence-corrected chi connectivity index (χ1v) is 5.44. The Morgan fingerprint density at radius 2 is 1.82 bits per heavy atom. The molecule has 0 fully saturated rings. The van der Waals surface area contributed by atoms with E-state index in [0.717, 1.165) is 11.1 Å². The van der Waals surface area contributed by atoms with Gasteiger partial charge in [-0.05, 0) is 18.6 Å². The summed E-state index contributed by atoms with van der Waals surface area (Å²) < 4.78 is 5.09. The van der Waals surface area contributed by atoms with Crippen molar-refractivity contribution in [1.82, 2.24) is 4.98 Å².